The van der Waals surface area contributed by atoms with Gasteiger partial charge in [-0.15, -0.1) is 0 Å². The molecule has 0 aromatic carbocycles. The van der Waals surface area contributed by atoms with Crippen LogP contribution in [0.25, 0.3) is 0 Å². The summed E-state index contributed by atoms with van der Waals surface area (Å²) in [6.45, 7) is 0. The summed E-state index contributed by atoms with van der Waals surface area (Å²) in [5.74, 6) is 1.19. The van der Waals surface area contributed by atoms with E-state index in [1.165, 1.54) is 64.2 Å². The predicted molar refractivity (Wildman–Crippen MR) is 80.8 cm³/mol. The lowest BCUT2D eigenvalue weighted by Crippen LogP contribution is -2.23. The molecule has 4 heteroatoms. The zero-order chi connectivity index (χ0) is 14.2. The Labute approximate surface area is 121 Å². The number of hydrogen-bond acceptors (Lipinski definition) is 4. The summed E-state index contributed by atoms with van der Waals surface area (Å²) in [5, 5.41) is 25.5. The Morgan fingerprint density at radius 1 is 0.650 bits per heavy atom. The van der Waals surface area contributed by atoms with Crippen LogP contribution >= 0.6 is 0 Å². The molecule has 0 radical (unpaired) electrons. The Bertz CT molecular complexity index is 306. The molecule has 114 valence electrons. The van der Waals surface area contributed by atoms with Crippen LogP contribution in [0.1, 0.15) is 77.0 Å². The average molecular weight is 280 g/mol. The fourth-order valence-corrected chi connectivity index (χ4v) is 3.76. The van der Waals surface area contributed by atoms with E-state index in [0.717, 1.165) is 12.8 Å². The monoisotopic (exact) mass is 280 g/mol. The van der Waals surface area contributed by atoms with Gasteiger partial charge in [0, 0.05) is 0 Å². The summed E-state index contributed by atoms with van der Waals surface area (Å²) < 4.78 is 0. The van der Waals surface area contributed by atoms with Gasteiger partial charge in [-0.1, -0.05) is 74.5 Å². The van der Waals surface area contributed by atoms with Crippen molar-refractivity contribution in [1.29, 1.82) is 0 Å². The molecule has 0 spiro atoms. The normalized spacial score (nSPS) is 24.0. The molecule has 0 aliphatic heterocycles. The molecule has 0 aromatic rings. The molecule has 2 N–H and O–H groups in total. The van der Waals surface area contributed by atoms with Crippen LogP contribution in [0.5, 0.6) is 0 Å². The van der Waals surface area contributed by atoms with Gasteiger partial charge >= 0.3 is 0 Å². The van der Waals surface area contributed by atoms with E-state index in [2.05, 4.69) is 10.3 Å². The first kappa shape index (κ1) is 15.3. The van der Waals surface area contributed by atoms with Gasteiger partial charge in [0.05, 0.1) is 0 Å². The number of oxime groups is 2. The van der Waals surface area contributed by atoms with Crippen LogP contribution in [0, 0.1) is 11.8 Å². The minimum Gasteiger partial charge on any atom is -0.411 e. The topological polar surface area (TPSA) is 65.2 Å². The van der Waals surface area contributed by atoms with Gasteiger partial charge in [0.25, 0.3) is 0 Å². The minimum atomic E-state index is 0.595. The van der Waals surface area contributed by atoms with Crippen molar-refractivity contribution in [3.8, 4) is 0 Å². The molecule has 0 unspecified atom stereocenters. The van der Waals surface area contributed by atoms with E-state index in [9.17, 15) is 10.4 Å². The van der Waals surface area contributed by atoms with Gasteiger partial charge in [-0.2, -0.15) is 0 Å². The van der Waals surface area contributed by atoms with Crippen molar-refractivity contribution in [2.45, 2.75) is 77.0 Å². The van der Waals surface area contributed by atoms with E-state index in [-0.39, 0.29) is 0 Å². The lowest BCUT2D eigenvalue weighted by Gasteiger charge is -2.24. The van der Waals surface area contributed by atoms with Crippen LogP contribution < -0.4 is 0 Å². The second-order valence-electron chi connectivity index (χ2n) is 6.51. The van der Waals surface area contributed by atoms with Gasteiger partial charge in [-0.25, -0.2) is 0 Å². The zero-order valence-electron chi connectivity index (χ0n) is 12.4. The molecule has 0 bridgehead atoms. The van der Waals surface area contributed by atoms with Crippen molar-refractivity contribution in [2.24, 2.45) is 22.1 Å². The molecule has 2 fully saturated rings. The van der Waals surface area contributed by atoms with Crippen molar-refractivity contribution < 1.29 is 10.4 Å². The zero-order valence-corrected chi connectivity index (χ0v) is 12.4. The van der Waals surface area contributed by atoms with E-state index in [0.29, 0.717) is 23.3 Å². The van der Waals surface area contributed by atoms with Gasteiger partial charge in [0.2, 0.25) is 0 Å². The largest absolute Gasteiger partial charge is 0.411 e. The molecule has 0 amide bonds. The minimum absolute atomic E-state index is 0.595. The van der Waals surface area contributed by atoms with E-state index >= 15 is 0 Å². The van der Waals surface area contributed by atoms with Crippen LogP contribution in [-0.4, -0.2) is 21.8 Å². The van der Waals surface area contributed by atoms with Crippen molar-refractivity contribution in [1.82, 2.24) is 0 Å². The fraction of sp³-hybridized carbons (Fsp3) is 0.875. The molecular formula is C16H28N2O2. The maximum Gasteiger partial charge on any atom is 0.105 e. The first-order valence-electron chi connectivity index (χ1n) is 8.25. The maximum absolute atomic E-state index is 9.28. The summed E-state index contributed by atoms with van der Waals surface area (Å²) in [6.07, 6.45) is 14.1. The highest BCUT2D eigenvalue weighted by molar-refractivity contribution is 6.42. The SMILES string of the molecule is O/N=C(CC1CCCCC1)/C(CC1CCCCC1)=N/O. The Morgan fingerprint density at radius 2 is 1.00 bits per heavy atom. The van der Waals surface area contributed by atoms with Crippen molar-refractivity contribution in [3.05, 3.63) is 0 Å². The van der Waals surface area contributed by atoms with Crippen LogP contribution in [0.15, 0.2) is 10.3 Å². The lowest BCUT2D eigenvalue weighted by molar-refractivity contribution is 0.304. The molecule has 2 aliphatic rings. The van der Waals surface area contributed by atoms with Crippen molar-refractivity contribution in [2.75, 3.05) is 0 Å². The van der Waals surface area contributed by atoms with Crippen LogP contribution in [0.2, 0.25) is 0 Å². The van der Waals surface area contributed by atoms with Gasteiger partial charge in [-0.05, 0) is 24.7 Å². The summed E-state index contributed by atoms with van der Waals surface area (Å²) in [5.41, 5.74) is 1.23. The van der Waals surface area contributed by atoms with E-state index < -0.39 is 0 Å². The highest BCUT2D eigenvalue weighted by atomic mass is 16.4. The smallest absolute Gasteiger partial charge is 0.105 e. The predicted octanol–water partition coefficient (Wildman–Crippen LogP) is 4.59. The quantitative estimate of drug-likeness (QED) is 0.439. The third kappa shape index (κ3) is 4.50. The second kappa shape index (κ2) is 8.28. The molecular weight excluding hydrogens is 252 g/mol. The average Bonchev–Trinajstić information content (AvgIpc) is 2.52. The molecule has 4 nitrogen and oxygen atoms in total. The van der Waals surface area contributed by atoms with Gasteiger partial charge in [-0.3, -0.25) is 0 Å². The van der Waals surface area contributed by atoms with Crippen LogP contribution in [0.4, 0.5) is 0 Å². The molecule has 2 rings (SSSR count). The Morgan fingerprint density at radius 3 is 1.30 bits per heavy atom. The first-order valence-corrected chi connectivity index (χ1v) is 8.25. The van der Waals surface area contributed by atoms with Gasteiger partial charge in [0.1, 0.15) is 11.4 Å². The highest BCUT2D eigenvalue weighted by Crippen LogP contribution is 2.29. The second-order valence-corrected chi connectivity index (χ2v) is 6.51. The summed E-state index contributed by atoms with van der Waals surface area (Å²) >= 11 is 0. The Kier molecular flexibility index (Phi) is 6.34. The fourth-order valence-electron chi connectivity index (χ4n) is 3.76. The lowest BCUT2D eigenvalue weighted by atomic mass is 9.81. The number of nitrogens with zero attached hydrogens (tertiary/aromatic N) is 2. The Balaban J connectivity index is 1.89. The summed E-state index contributed by atoms with van der Waals surface area (Å²) in [4.78, 5) is 0. The molecule has 0 atom stereocenters. The highest BCUT2D eigenvalue weighted by Gasteiger charge is 2.23. The summed E-state index contributed by atoms with van der Waals surface area (Å²) in [6, 6.07) is 0. The van der Waals surface area contributed by atoms with E-state index in [1.807, 2.05) is 0 Å². The Hall–Kier alpha value is -1.06. The molecule has 2 aliphatic carbocycles. The maximum atomic E-state index is 9.28. The van der Waals surface area contributed by atoms with E-state index in [1.54, 1.807) is 0 Å². The molecule has 0 saturated heterocycles. The summed E-state index contributed by atoms with van der Waals surface area (Å²) in [7, 11) is 0. The van der Waals surface area contributed by atoms with Crippen molar-refractivity contribution >= 4 is 11.4 Å². The van der Waals surface area contributed by atoms with Gasteiger partial charge < -0.3 is 10.4 Å². The van der Waals surface area contributed by atoms with Crippen LogP contribution in [0.3, 0.4) is 0 Å². The third-order valence-corrected chi connectivity index (χ3v) is 4.99. The van der Waals surface area contributed by atoms with Gasteiger partial charge in [0.15, 0.2) is 0 Å². The molecule has 0 heterocycles. The molecule has 2 saturated carbocycles. The molecule has 20 heavy (non-hydrogen) atoms. The number of rotatable bonds is 5. The van der Waals surface area contributed by atoms with E-state index in [4.69, 9.17) is 0 Å². The third-order valence-electron chi connectivity index (χ3n) is 4.99. The molecule has 0 aromatic heterocycles. The first-order chi connectivity index (χ1) is 9.83. The van der Waals surface area contributed by atoms with Crippen molar-refractivity contribution in [3.63, 3.8) is 0 Å². The van der Waals surface area contributed by atoms with Crippen LogP contribution in [-0.2, 0) is 0 Å². The standard InChI is InChI=1S/C16H28N2O2/c19-17-15(11-13-7-3-1-4-8-13)16(18-20)12-14-9-5-2-6-10-14/h13-14,19-20H,1-12H2/b17-15+,18-16+. The number of hydrogen-bond donors (Lipinski definition) is 2.